The van der Waals surface area contributed by atoms with E-state index in [1.165, 1.54) is 9.21 Å². The number of carbonyl (C=O) groups is 1. The summed E-state index contributed by atoms with van der Waals surface area (Å²) in [6.45, 7) is 0.160. The molecule has 2 heterocycles. The van der Waals surface area contributed by atoms with Crippen LogP contribution in [0, 0.1) is 0 Å². The van der Waals surface area contributed by atoms with Crippen LogP contribution < -0.4 is 0 Å². The molecule has 1 aromatic rings. The van der Waals surface area contributed by atoms with Gasteiger partial charge in [-0.1, -0.05) is 18.2 Å². The van der Waals surface area contributed by atoms with Crippen LogP contribution in [-0.4, -0.2) is 86.8 Å². The first-order valence-electron chi connectivity index (χ1n) is 9.47. The van der Waals surface area contributed by atoms with E-state index in [9.17, 15) is 18.3 Å². The molecule has 0 aliphatic carbocycles. The number of carbonyl (C=O) groups excluding carboxylic acids is 1. The smallest absolute Gasteiger partial charge is 0.243 e. The molecule has 9 heteroatoms. The fourth-order valence-corrected chi connectivity index (χ4v) is 5.41. The van der Waals surface area contributed by atoms with Gasteiger partial charge >= 0.3 is 0 Å². The SMILES string of the molecule is CN(C)C(=O)C[C@H]1CC[C@@H]2[C@H](COC[C@@H](O)CN2S(=O)(=O)c2ccccc2)O1. The van der Waals surface area contributed by atoms with Crippen LogP contribution in [0.3, 0.4) is 0 Å². The molecular formula is C19H28N2O6S. The normalized spacial score (nSPS) is 29.4. The zero-order valence-corrected chi connectivity index (χ0v) is 17.0. The zero-order chi connectivity index (χ0) is 20.3. The van der Waals surface area contributed by atoms with Crippen molar-refractivity contribution in [3.63, 3.8) is 0 Å². The Morgan fingerprint density at radius 2 is 1.93 bits per heavy atom. The molecule has 1 N–H and O–H groups in total. The molecule has 8 nitrogen and oxygen atoms in total. The molecule has 0 saturated carbocycles. The number of nitrogens with zero attached hydrogens (tertiary/aromatic N) is 2. The van der Waals surface area contributed by atoms with E-state index in [-0.39, 0.29) is 43.1 Å². The highest BCUT2D eigenvalue weighted by molar-refractivity contribution is 7.89. The Morgan fingerprint density at radius 3 is 2.61 bits per heavy atom. The molecule has 2 fully saturated rings. The highest BCUT2D eigenvalue weighted by Gasteiger charge is 2.43. The van der Waals surface area contributed by atoms with E-state index in [4.69, 9.17) is 9.47 Å². The fourth-order valence-electron chi connectivity index (χ4n) is 3.68. The molecule has 1 amide bonds. The lowest BCUT2D eigenvalue weighted by Crippen LogP contribution is -2.57. The van der Waals surface area contributed by atoms with Crippen LogP contribution in [0.25, 0.3) is 0 Å². The molecule has 2 aliphatic heterocycles. The van der Waals surface area contributed by atoms with Crippen molar-refractivity contribution in [2.75, 3.05) is 33.9 Å². The number of ether oxygens (including phenoxy) is 2. The zero-order valence-electron chi connectivity index (χ0n) is 16.2. The Morgan fingerprint density at radius 1 is 1.21 bits per heavy atom. The van der Waals surface area contributed by atoms with Gasteiger partial charge in [-0.05, 0) is 25.0 Å². The Hall–Kier alpha value is -1.52. The maximum absolute atomic E-state index is 13.3. The van der Waals surface area contributed by atoms with Crippen LogP contribution in [-0.2, 0) is 24.3 Å². The van der Waals surface area contributed by atoms with Gasteiger partial charge in [0.05, 0.1) is 48.9 Å². The molecule has 4 atom stereocenters. The molecule has 0 radical (unpaired) electrons. The van der Waals surface area contributed by atoms with Gasteiger partial charge < -0.3 is 19.5 Å². The van der Waals surface area contributed by atoms with Crippen LogP contribution in [0.4, 0.5) is 0 Å². The molecule has 2 aliphatic rings. The summed E-state index contributed by atoms with van der Waals surface area (Å²) >= 11 is 0. The molecule has 0 spiro atoms. The number of aliphatic hydroxyl groups is 1. The summed E-state index contributed by atoms with van der Waals surface area (Å²) in [5, 5.41) is 10.2. The van der Waals surface area contributed by atoms with Gasteiger partial charge in [0.25, 0.3) is 0 Å². The van der Waals surface area contributed by atoms with Gasteiger partial charge in [-0.15, -0.1) is 0 Å². The minimum atomic E-state index is -3.80. The average Bonchev–Trinajstić information content (AvgIpc) is 2.65. The fraction of sp³-hybridized carbons (Fsp3) is 0.632. The van der Waals surface area contributed by atoms with Crippen molar-refractivity contribution >= 4 is 15.9 Å². The second-order valence-electron chi connectivity index (χ2n) is 7.51. The van der Waals surface area contributed by atoms with Gasteiger partial charge in [0.1, 0.15) is 0 Å². The first kappa shape index (κ1) is 21.2. The van der Waals surface area contributed by atoms with Gasteiger partial charge in [0.2, 0.25) is 15.9 Å². The molecule has 0 aromatic heterocycles. The van der Waals surface area contributed by atoms with Crippen molar-refractivity contribution in [3.05, 3.63) is 30.3 Å². The standard InChI is InChI=1S/C19H28N2O6S/c1-20(2)19(23)10-15-8-9-17-18(27-15)13-26-12-14(22)11-21(17)28(24,25)16-6-4-3-5-7-16/h3-7,14-15,17-18,22H,8-13H2,1-2H3/t14-,15+,17+,18-/m0/s1. The number of rotatable bonds is 4. The van der Waals surface area contributed by atoms with E-state index < -0.39 is 28.3 Å². The lowest BCUT2D eigenvalue weighted by atomic mass is 9.96. The third-order valence-electron chi connectivity index (χ3n) is 5.18. The molecule has 3 rings (SSSR count). The Bertz CT molecular complexity index is 770. The minimum absolute atomic E-state index is 0.0283. The average molecular weight is 413 g/mol. The molecule has 1 aromatic carbocycles. The van der Waals surface area contributed by atoms with Crippen LogP contribution in [0.5, 0.6) is 0 Å². The summed E-state index contributed by atoms with van der Waals surface area (Å²) in [6.07, 6.45) is -0.308. The molecule has 0 unspecified atom stereocenters. The van der Waals surface area contributed by atoms with Crippen molar-refractivity contribution in [2.24, 2.45) is 0 Å². The Labute approximate surface area is 166 Å². The maximum Gasteiger partial charge on any atom is 0.243 e. The lowest BCUT2D eigenvalue weighted by molar-refractivity contribution is -0.150. The maximum atomic E-state index is 13.3. The second-order valence-corrected chi connectivity index (χ2v) is 9.40. The molecule has 156 valence electrons. The van der Waals surface area contributed by atoms with Gasteiger partial charge in [-0.2, -0.15) is 4.31 Å². The van der Waals surface area contributed by atoms with Crippen LogP contribution in [0.2, 0.25) is 0 Å². The van der Waals surface area contributed by atoms with Crippen molar-refractivity contribution in [1.29, 1.82) is 0 Å². The second kappa shape index (κ2) is 8.87. The van der Waals surface area contributed by atoms with Crippen LogP contribution in [0.1, 0.15) is 19.3 Å². The first-order chi connectivity index (χ1) is 13.3. The first-order valence-corrected chi connectivity index (χ1v) is 10.9. The number of amides is 1. The van der Waals surface area contributed by atoms with E-state index in [1.54, 1.807) is 44.4 Å². The van der Waals surface area contributed by atoms with Crippen LogP contribution >= 0.6 is 0 Å². The van der Waals surface area contributed by atoms with Crippen molar-refractivity contribution < 1.29 is 27.8 Å². The van der Waals surface area contributed by atoms with Crippen molar-refractivity contribution in [3.8, 4) is 0 Å². The number of hydrogen-bond acceptors (Lipinski definition) is 6. The van der Waals surface area contributed by atoms with Gasteiger partial charge in [-0.3, -0.25) is 4.79 Å². The number of hydrogen-bond donors (Lipinski definition) is 1. The quantitative estimate of drug-likeness (QED) is 0.772. The number of sulfonamides is 1. The summed E-state index contributed by atoms with van der Waals surface area (Å²) in [6, 6.07) is 7.75. The predicted molar refractivity (Wildman–Crippen MR) is 102 cm³/mol. The minimum Gasteiger partial charge on any atom is -0.389 e. The molecule has 28 heavy (non-hydrogen) atoms. The largest absolute Gasteiger partial charge is 0.389 e. The predicted octanol–water partition coefficient (Wildman–Crippen LogP) is 0.463. The molecule has 2 saturated heterocycles. The number of fused-ring (bicyclic) bond motifs is 1. The number of aliphatic hydroxyl groups excluding tert-OH is 1. The molecule has 0 bridgehead atoms. The summed E-state index contributed by atoms with van der Waals surface area (Å²) in [5.74, 6) is -0.0283. The monoisotopic (exact) mass is 412 g/mol. The summed E-state index contributed by atoms with van der Waals surface area (Å²) in [4.78, 5) is 13.7. The van der Waals surface area contributed by atoms with E-state index in [1.807, 2.05) is 0 Å². The summed E-state index contributed by atoms with van der Waals surface area (Å²) < 4.78 is 39.5. The highest BCUT2D eigenvalue weighted by Crippen LogP contribution is 2.31. The van der Waals surface area contributed by atoms with E-state index in [2.05, 4.69) is 0 Å². The van der Waals surface area contributed by atoms with Crippen molar-refractivity contribution in [2.45, 2.75) is 48.5 Å². The van der Waals surface area contributed by atoms with Gasteiger partial charge in [-0.25, -0.2) is 8.42 Å². The van der Waals surface area contributed by atoms with Crippen LogP contribution in [0.15, 0.2) is 35.2 Å². The summed E-state index contributed by atoms with van der Waals surface area (Å²) in [5.41, 5.74) is 0. The third-order valence-corrected chi connectivity index (χ3v) is 7.09. The highest BCUT2D eigenvalue weighted by atomic mass is 32.2. The van der Waals surface area contributed by atoms with Crippen molar-refractivity contribution in [1.82, 2.24) is 9.21 Å². The Kier molecular flexibility index (Phi) is 6.72. The van der Waals surface area contributed by atoms with E-state index in [0.717, 1.165) is 0 Å². The molecular weight excluding hydrogens is 384 g/mol. The van der Waals surface area contributed by atoms with Gasteiger partial charge in [0, 0.05) is 20.6 Å². The number of β-amino-alcohol motifs (C(OH)–C–C–N with tert-alkyl or cyclic N) is 1. The lowest BCUT2D eigenvalue weighted by Gasteiger charge is -2.43. The third kappa shape index (κ3) is 4.72. The topological polar surface area (TPSA) is 96.4 Å². The van der Waals surface area contributed by atoms with E-state index >= 15 is 0 Å². The van der Waals surface area contributed by atoms with Gasteiger partial charge in [0.15, 0.2) is 0 Å². The summed E-state index contributed by atoms with van der Waals surface area (Å²) in [7, 11) is -0.403. The Balaban J connectivity index is 1.83. The van der Waals surface area contributed by atoms with E-state index in [0.29, 0.717) is 12.8 Å². The number of benzene rings is 1.